The second-order valence-corrected chi connectivity index (χ2v) is 9.29. The number of hydrogen-bond donors (Lipinski definition) is 1. The molecule has 0 amide bonds. The number of aliphatic hydroxyl groups is 1. The smallest absolute Gasteiger partial charge is 0.0845 e. The van der Waals surface area contributed by atoms with Gasteiger partial charge in [0.25, 0.3) is 0 Å². The quantitative estimate of drug-likeness (QED) is 0.452. The molecule has 0 saturated carbocycles. The van der Waals surface area contributed by atoms with Gasteiger partial charge in [-0.3, -0.25) is 14.8 Å². The summed E-state index contributed by atoms with van der Waals surface area (Å²) < 4.78 is 3.34. The van der Waals surface area contributed by atoms with Gasteiger partial charge in [0.1, 0.15) is 0 Å². The fourth-order valence-corrected chi connectivity index (χ4v) is 5.03. The molecule has 1 unspecified atom stereocenters. The molecule has 31 heavy (non-hydrogen) atoms. The van der Waals surface area contributed by atoms with Crippen LogP contribution in [-0.2, 0) is 13.1 Å². The summed E-state index contributed by atoms with van der Waals surface area (Å²) in [7, 11) is 0. The average molecular weight is 479 g/mol. The molecule has 1 aliphatic rings. The molecule has 0 bridgehead atoms. The Labute approximate surface area is 191 Å². The first-order chi connectivity index (χ1) is 15.2. The van der Waals surface area contributed by atoms with Crippen molar-refractivity contribution >= 4 is 37.7 Å². The lowest BCUT2D eigenvalue weighted by atomic mass is 10.2. The van der Waals surface area contributed by atoms with Crippen LogP contribution in [0.2, 0.25) is 0 Å². The number of aromatic nitrogens is 2. The second-order valence-electron chi connectivity index (χ2n) is 8.38. The van der Waals surface area contributed by atoms with Crippen molar-refractivity contribution in [1.29, 1.82) is 0 Å². The number of hydrogen-bond acceptors (Lipinski definition) is 4. The summed E-state index contributed by atoms with van der Waals surface area (Å²) in [5.74, 6) is 0. The van der Waals surface area contributed by atoms with Crippen molar-refractivity contribution in [3.63, 3.8) is 0 Å². The fourth-order valence-electron chi connectivity index (χ4n) is 4.67. The molecule has 4 aromatic rings. The van der Waals surface area contributed by atoms with E-state index in [9.17, 15) is 5.11 Å². The molecule has 1 aliphatic heterocycles. The highest BCUT2D eigenvalue weighted by Gasteiger charge is 2.21. The van der Waals surface area contributed by atoms with Crippen LogP contribution in [0, 0.1) is 0 Å². The molecule has 0 spiro atoms. The topological polar surface area (TPSA) is 44.5 Å². The van der Waals surface area contributed by atoms with Crippen LogP contribution in [0.1, 0.15) is 5.56 Å². The summed E-state index contributed by atoms with van der Waals surface area (Å²) in [6.45, 7) is 6.30. The number of benzene rings is 2. The Morgan fingerprint density at radius 2 is 1.55 bits per heavy atom. The van der Waals surface area contributed by atoms with Crippen LogP contribution in [0.3, 0.4) is 0 Å². The van der Waals surface area contributed by atoms with Crippen molar-refractivity contribution in [3.05, 3.63) is 77.0 Å². The van der Waals surface area contributed by atoms with E-state index in [4.69, 9.17) is 0 Å². The molecule has 160 valence electrons. The first-order valence-corrected chi connectivity index (χ1v) is 11.6. The van der Waals surface area contributed by atoms with Crippen molar-refractivity contribution in [2.45, 2.75) is 19.2 Å². The minimum atomic E-state index is -0.408. The van der Waals surface area contributed by atoms with Crippen LogP contribution in [0.4, 0.5) is 0 Å². The molecule has 0 aliphatic carbocycles. The number of piperazine rings is 1. The third kappa shape index (κ3) is 4.53. The SMILES string of the molecule is OC(CN1CCN(Cc2ccncc2)CC1)Cn1c2ccccc2c2cc(Br)ccc21. The van der Waals surface area contributed by atoms with E-state index in [0.717, 1.165) is 37.2 Å². The van der Waals surface area contributed by atoms with E-state index in [2.05, 4.69) is 89.9 Å². The van der Waals surface area contributed by atoms with Crippen molar-refractivity contribution in [3.8, 4) is 0 Å². The Morgan fingerprint density at radius 3 is 2.35 bits per heavy atom. The molecule has 1 N–H and O–H groups in total. The maximum atomic E-state index is 11.0. The fraction of sp³-hybridized carbons (Fsp3) is 0.320. The number of fused-ring (bicyclic) bond motifs is 3. The van der Waals surface area contributed by atoms with Crippen LogP contribution >= 0.6 is 15.9 Å². The van der Waals surface area contributed by atoms with Crippen molar-refractivity contribution in [1.82, 2.24) is 19.4 Å². The van der Waals surface area contributed by atoms with Crippen molar-refractivity contribution in [2.24, 2.45) is 0 Å². The van der Waals surface area contributed by atoms with Gasteiger partial charge >= 0.3 is 0 Å². The highest BCUT2D eigenvalue weighted by atomic mass is 79.9. The van der Waals surface area contributed by atoms with Gasteiger partial charge in [0, 0.05) is 77.9 Å². The van der Waals surface area contributed by atoms with Crippen LogP contribution in [0.15, 0.2) is 71.5 Å². The van der Waals surface area contributed by atoms with Gasteiger partial charge in [0.15, 0.2) is 0 Å². The first-order valence-electron chi connectivity index (χ1n) is 10.9. The number of rotatable bonds is 6. The number of aliphatic hydroxyl groups excluding tert-OH is 1. The summed E-state index contributed by atoms with van der Waals surface area (Å²) in [5, 5.41) is 13.4. The van der Waals surface area contributed by atoms with Crippen molar-refractivity contribution in [2.75, 3.05) is 32.7 Å². The molecular weight excluding hydrogens is 452 g/mol. The van der Waals surface area contributed by atoms with Gasteiger partial charge in [-0.25, -0.2) is 0 Å². The number of β-amino-alcohol motifs (C(OH)–C–C–N with tert-alkyl or cyclic N) is 1. The molecule has 2 aromatic carbocycles. The zero-order valence-electron chi connectivity index (χ0n) is 17.5. The molecule has 5 nitrogen and oxygen atoms in total. The Morgan fingerprint density at radius 1 is 0.839 bits per heavy atom. The molecular formula is C25H27BrN4O. The molecule has 1 saturated heterocycles. The van der Waals surface area contributed by atoms with Gasteiger partial charge in [-0.1, -0.05) is 34.1 Å². The Balaban J connectivity index is 1.24. The maximum absolute atomic E-state index is 11.0. The molecule has 1 atom stereocenters. The maximum Gasteiger partial charge on any atom is 0.0845 e. The zero-order valence-corrected chi connectivity index (χ0v) is 19.1. The second kappa shape index (κ2) is 9.09. The van der Waals surface area contributed by atoms with Gasteiger partial charge in [-0.15, -0.1) is 0 Å². The van der Waals surface area contributed by atoms with E-state index in [1.54, 1.807) is 0 Å². The Bertz CT molecular complexity index is 1170. The van der Waals surface area contributed by atoms with Gasteiger partial charge < -0.3 is 9.67 Å². The average Bonchev–Trinajstić information content (AvgIpc) is 3.09. The minimum Gasteiger partial charge on any atom is -0.390 e. The molecule has 2 aromatic heterocycles. The number of halogens is 1. The Hall–Kier alpha value is -2.25. The summed E-state index contributed by atoms with van der Waals surface area (Å²) in [6.07, 6.45) is 3.30. The number of nitrogens with zero attached hydrogens (tertiary/aromatic N) is 4. The standard InChI is InChI=1S/C25H27BrN4O/c26-20-5-6-25-23(15-20)22-3-1-2-4-24(22)30(25)18-21(31)17-29-13-11-28(12-14-29)16-19-7-9-27-10-8-19/h1-10,15,21,31H,11-14,16-18H2. The molecule has 5 rings (SSSR count). The van der Waals surface area contributed by atoms with E-state index >= 15 is 0 Å². The minimum absolute atomic E-state index is 0.408. The van der Waals surface area contributed by atoms with E-state index in [1.165, 1.54) is 27.4 Å². The normalized spacial score (nSPS) is 16.8. The summed E-state index contributed by atoms with van der Waals surface area (Å²) >= 11 is 3.60. The van der Waals surface area contributed by atoms with E-state index in [1.807, 2.05) is 12.4 Å². The zero-order chi connectivity index (χ0) is 21.2. The van der Waals surface area contributed by atoms with Gasteiger partial charge in [0.05, 0.1) is 12.6 Å². The molecule has 6 heteroatoms. The monoisotopic (exact) mass is 478 g/mol. The highest BCUT2D eigenvalue weighted by Crippen LogP contribution is 2.31. The predicted molar refractivity (Wildman–Crippen MR) is 129 cm³/mol. The van der Waals surface area contributed by atoms with Crippen LogP contribution in [0.25, 0.3) is 21.8 Å². The third-order valence-corrected chi connectivity index (χ3v) is 6.71. The van der Waals surface area contributed by atoms with Crippen molar-refractivity contribution < 1.29 is 5.11 Å². The van der Waals surface area contributed by atoms with Crippen LogP contribution in [0.5, 0.6) is 0 Å². The first kappa shape index (κ1) is 20.6. The molecule has 1 fully saturated rings. The lowest BCUT2D eigenvalue weighted by Gasteiger charge is -2.35. The van der Waals surface area contributed by atoms with E-state index in [-0.39, 0.29) is 0 Å². The lowest BCUT2D eigenvalue weighted by Crippen LogP contribution is -2.48. The number of para-hydroxylation sites is 1. The summed E-state index contributed by atoms with van der Waals surface area (Å²) in [5.41, 5.74) is 3.66. The molecule has 3 heterocycles. The summed E-state index contributed by atoms with van der Waals surface area (Å²) in [6, 6.07) is 19.0. The largest absolute Gasteiger partial charge is 0.390 e. The van der Waals surface area contributed by atoms with E-state index < -0.39 is 6.10 Å². The van der Waals surface area contributed by atoms with E-state index in [0.29, 0.717) is 13.1 Å². The Kier molecular flexibility index (Phi) is 6.05. The highest BCUT2D eigenvalue weighted by molar-refractivity contribution is 9.10. The van der Waals surface area contributed by atoms with Gasteiger partial charge in [-0.2, -0.15) is 0 Å². The molecule has 0 radical (unpaired) electrons. The lowest BCUT2D eigenvalue weighted by molar-refractivity contribution is 0.0634. The predicted octanol–water partition coefficient (Wildman–Crippen LogP) is 4.13. The van der Waals surface area contributed by atoms with Crippen LogP contribution < -0.4 is 0 Å². The number of pyridine rings is 1. The third-order valence-electron chi connectivity index (χ3n) is 6.22. The van der Waals surface area contributed by atoms with Gasteiger partial charge in [0.2, 0.25) is 0 Å². The van der Waals surface area contributed by atoms with Crippen LogP contribution in [-0.4, -0.2) is 63.3 Å². The summed E-state index contributed by atoms with van der Waals surface area (Å²) in [4.78, 5) is 8.96. The van der Waals surface area contributed by atoms with Gasteiger partial charge in [-0.05, 0) is 42.0 Å².